The van der Waals surface area contributed by atoms with E-state index in [1.165, 1.54) is 34.9 Å². The molecule has 0 radical (unpaired) electrons. The van der Waals surface area contributed by atoms with Crippen LogP contribution in [-0.2, 0) is 19.4 Å². The zero-order valence-corrected chi connectivity index (χ0v) is 17.9. The Hall–Kier alpha value is -2.65. The van der Waals surface area contributed by atoms with Crippen molar-refractivity contribution in [3.05, 3.63) is 89.5 Å². The number of hydrogen-bond donors (Lipinski definition) is 1. The Bertz CT molecular complexity index is 1130. The van der Waals surface area contributed by atoms with Gasteiger partial charge in [-0.25, -0.2) is 4.39 Å². The first kappa shape index (κ1) is 21.6. The van der Waals surface area contributed by atoms with E-state index in [1.54, 1.807) is 42.5 Å². The molecule has 3 atom stereocenters. The molecular weight excluding hydrogens is 441 g/mol. The molecule has 0 spiro atoms. The molecule has 2 heterocycles. The van der Waals surface area contributed by atoms with E-state index in [0.717, 1.165) is 0 Å². The number of aromatic nitrogens is 1. The highest BCUT2D eigenvalue weighted by atomic mass is 35.5. The number of nitrogens with zero attached hydrogens (tertiary/aromatic N) is 2. The fourth-order valence-corrected chi connectivity index (χ4v) is 5.52. The highest BCUT2D eigenvalue weighted by Gasteiger charge is 2.47. The van der Waals surface area contributed by atoms with Gasteiger partial charge in [0.15, 0.2) is 15.3 Å². The molecule has 3 aromatic rings. The Morgan fingerprint density at radius 1 is 1.19 bits per heavy atom. The van der Waals surface area contributed by atoms with Crippen LogP contribution in [0.5, 0.6) is 0 Å². The molecule has 4 rings (SSSR count). The molecule has 0 bridgehead atoms. The Labute approximate surface area is 185 Å². The molecule has 1 unspecified atom stereocenters. The van der Waals surface area contributed by atoms with Crippen molar-refractivity contribution < 1.29 is 17.9 Å². The Kier molecular flexibility index (Phi) is 6.15. The van der Waals surface area contributed by atoms with E-state index in [-0.39, 0.29) is 23.8 Å². The van der Waals surface area contributed by atoms with Gasteiger partial charge in [0, 0.05) is 16.9 Å². The summed E-state index contributed by atoms with van der Waals surface area (Å²) in [4.78, 5) is 16.9. The minimum atomic E-state index is -3.92. The number of benzene rings is 2. The number of carbonyl (C=O) groups excluding carboxylic acids is 1. The van der Waals surface area contributed by atoms with Crippen LogP contribution in [0.4, 0.5) is 10.1 Å². The molecule has 2 aromatic carbocycles. The maximum absolute atomic E-state index is 13.4. The smallest absolute Gasteiger partial charge is 0.229 e. The third-order valence-electron chi connectivity index (χ3n) is 5.21. The molecule has 1 fully saturated rings. The van der Waals surface area contributed by atoms with Crippen LogP contribution in [0.2, 0.25) is 5.02 Å². The second-order valence-electron chi connectivity index (χ2n) is 7.26. The van der Waals surface area contributed by atoms with Gasteiger partial charge < -0.3 is 9.87 Å². The van der Waals surface area contributed by atoms with Crippen molar-refractivity contribution in [1.29, 1.82) is 0 Å². The number of rotatable bonds is 5. The maximum Gasteiger partial charge on any atom is 0.229 e. The van der Waals surface area contributed by atoms with Gasteiger partial charge in [-0.1, -0.05) is 34.0 Å². The lowest BCUT2D eigenvalue weighted by Gasteiger charge is -2.28. The number of nitrogens with one attached hydrogen (secondary N) is 1. The topological polar surface area (TPSA) is 85.4 Å². The normalized spacial score (nSPS) is 20.9. The van der Waals surface area contributed by atoms with Crippen molar-refractivity contribution >= 4 is 33.6 Å². The molecule has 31 heavy (non-hydrogen) atoms. The van der Waals surface area contributed by atoms with E-state index in [1.807, 2.05) is 0 Å². The molecule has 0 saturated carbocycles. The molecule has 1 aromatic heterocycles. The Morgan fingerprint density at radius 2 is 1.97 bits per heavy atom. The van der Waals surface area contributed by atoms with Crippen LogP contribution in [-0.4, -0.2) is 26.3 Å². The standard InChI is InChI=1S/C22H19ClFN3O3S/c23-17-3-1-4-19(12-17)26-22(28)16-11-21(15-6-8-18(24)9-7-15)27(14-16)31(29,30)20-5-2-10-25-13-20/h1-10,12-13,16,21H,11,14H2,(H-,26,28,29,30)/t16-,21+/m1/s1. The van der Waals surface area contributed by atoms with Gasteiger partial charge in [-0.2, -0.15) is 0 Å². The third kappa shape index (κ3) is 4.67. The first-order valence-electron chi connectivity index (χ1n) is 9.58. The molecule has 1 amide bonds. The zero-order chi connectivity index (χ0) is 22.0. The summed E-state index contributed by atoms with van der Waals surface area (Å²) in [7, 11) is -3.92. The summed E-state index contributed by atoms with van der Waals surface area (Å²) in [6.45, 7) is -0.00826. The maximum atomic E-state index is 13.4. The van der Waals surface area contributed by atoms with Gasteiger partial charge >= 0.3 is 0 Å². The second kappa shape index (κ2) is 8.84. The van der Waals surface area contributed by atoms with Gasteiger partial charge in [0.1, 0.15) is 5.82 Å². The van der Waals surface area contributed by atoms with Gasteiger partial charge in [0.25, 0.3) is 0 Å². The van der Waals surface area contributed by atoms with E-state index in [2.05, 4.69) is 10.3 Å². The second-order valence-corrected chi connectivity index (χ2v) is 9.59. The number of carbonyl (C=O) groups is 1. The lowest BCUT2D eigenvalue weighted by atomic mass is 9.99. The van der Waals surface area contributed by atoms with Crippen molar-refractivity contribution in [2.75, 3.05) is 11.9 Å². The largest absolute Gasteiger partial charge is 0.593 e. The van der Waals surface area contributed by atoms with Crippen molar-refractivity contribution in [2.45, 2.75) is 17.4 Å². The summed E-state index contributed by atoms with van der Waals surface area (Å²) >= 11 is 5.98. The predicted octanol–water partition coefficient (Wildman–Crippen LogP) is 4.48. The van der Waals surface area contributed by atoms with E-state index in [9.17, 15) is 17.9 Å². The minimum absolute atomic E-state index is 0.00826. The fraction of sp³-hybridized carbons (Fsp3) is 0.182. The number of amides is 1. The van der Waals surface area contributed by atoms with Crippen molar-refractivity contribution in [3.63, 3.8) is 0 Å². The summed E-state index contributed by atoms with van der Waals surface area (Å²) in [5, 5.41) is 3.28. The summed E-state index contributed by atoms with van der Waals surface area (Å²) in [5.41, 5.74) is 1.15. The average Bonchev–Trinajstić information content (AvgIpc) is 3.21. The SMILES string of the molecule is O=C(Nc1cccc(Cl)c1)[C@@H]1C[C@@H](c2ccc(F)cc2)N([S+](=O)([O-])c2cccnc2)C1. The average molecular weight is 460 g/mol. The van der Waals surface area contributed by atoms with E-state index in [0.29, 0.717) is 16.3 Å². The first-order valence-corrected chi connectivity index (χ1v) is 11.4. The van der Waals surface area contributed by atoms with Gasteiger partial charge in [-0.15, -0.1) is 4.31 Å². The molecule has 9 heteroatoms. The van der Waals surface area contributed by atoms with Crippen LogP contribution in [0.3, 0.4) is 0 Å². The lowest BCUT2D eigenvalue weighted by molar-refractivity contribution is -0.119. The monoisotopic (exact) mass is 459 g/mol. The van der Waals surface area contributed by atoms with Gasteiger partial charge in [0.2, 0.25) is 5.91 Å². The number of sulfonamides is 1. The van der Waals surface area contributed by atoms with E-state index >= 15 is 0 Å². The molecule has 1 aliphatic rings. The van der Waals surface area contributed by atoms with Crippen LogP contribution >= 0.6 is 11.6 Å². The van der Waals surface area contributed by atoms with E-state index < -0.39 is 28.2 Å². The highest BCUT2D eigenvalue weighted by molar-refractivity contribution is 7.95. The van der Waals surface area contributed by atoms with Crippen molar-refractivity contribution in [3.8, 4) is 0 Å². The third-order valence-corrected chi connectivity index (χ3v) is 7.31. The number of anilines is 1. The molecule has 1 aliphatic heterocycles. The predicted molar refractivity (Wildman–Crippen MR) is 115 cm³/mol. The van der Waals surface area contributed by atoms with Gasteiger partial charge in [-0.3, -0.25) is 9.78 Å². The zero-order valence-electron chi connectivity index (χ0n) is 16.3. The van der Waals surface area contributed by atoms with Gasteiger partial charge in [0.05, 0.1) is 24.7 Å². The molecule has 1 saturated heterocycles. The summed E-state index contributed by atoms with van der Waals surface area (Å²) < 4.78 is 41.4. The summed E-state index contributed by atoms with van der Waals surface area (Å²) in [6.07, 6.45) is 3.02. The molecule has 160 valence electrons. The molecule has 6 nitrogen and oxygen atoms in total. The lowest BCUT2D eigenvalue weighted by Crippen LogP contribution is -2.37. The van der Waals surface area contributed by atoms with Crippen LogP contribution < -0.4 is 5.32 Å². The molecule has 1 N–H and O–H groups in total. The number of pyridine rings is 1. The summed E-state index contributed by atoms with van der Waals surface area (Å²) in [5.74, 6) is -1.32. The summed E-state index contributed by atoms with van der Waals surface area (Å²) in [6, 6.07) is 14.8. The first-order chi connectivity index (χ1) is 14.8. The van der Waals surface area contributed by atoms with Gasteiger partial charge in [-0.05, 0) is 54.4 Å². The van der Waals surface area contributed by atoms with Crippen LogP contribution in [0, 0.1) is 11.7 Å². The Balaban J connectivity index is 1.64. The fourth-order valence-electron chi connectivity index (χ4n) is 3.69. The number of halogens is 2. The minimum Gasteiger partial charge on any atom is -0.593 e. The Morgan fingerprint density at radius 3 is 2.65 bits per heavy atom. The number of hydrogen-bond acceptors (Lipinski definition) is 4. The van der Waals surface area contributed by atoms with Crippen molar-refractivity contribution in [2.24, 2.45) is 5.92 Å². The van der Waals surface area contributed by atoms with Crippen LogP contribution in [0.1, 0.15) is 18.0 Å². The van der Waals surface area contributed by atoms with E-state index in [4.69, 9.17) is 11.6 Å². The van der Waals surface area contributed by atoms with Crippen LogP contribution in [0.15, 0.2) is 78.0 Å². The van der Waals surface area contributed by atoms with Crippen molar-refractivity contribution in [1.82, 2.24) is 9.29 Å². The quantitative estimate of drug-likeness (QED) is 0.570. The molecule has 0 aliphatic carbocycles. The molecular formula is C22H19ClFN3O3S. The van der Waals surface area contributed by atoms with Crippen LogP contribution in [0.25, 0.3) is 0 Å². The highest BCUT2D eigenvalue weighted by Crippen LogP contribution is 2.41.